The van der Waals surface area contributed by atoms with Crippen molar-refractivity contribution in [2.45, 2.75) is 39.0 Å². The van der Waals surface area contributed by atoms with Crippen LogP contribution in [0.5, 0.6) is 11.5 Å². The van der Waals surface area contributed by atoms with Gasteiger partial charge >= 0.3 is 5.97 Å². The van der Waals surface area contributed by atoms with Gasteiger partial charge in [-0.05, 0) is 50.1 Å². The van der Waals surface area contributed by atoms with Crippen LogP contribution in [0.1, 0.15) is 49.5 Å². The first-order chi connectivity index (χ1) is 14.9. The molecule has 0 saturated carbocycles. The summed E-state index contributed by atoms with van der Waals surface area (Å²) in [6, 6.07) is 7.69. The van der Waals surface area contributed by atoms with Crippen LogP contribution in [0.25, 0.3) is 16.9 Å². The standard InChI is InChI=1S/C25H28N2O4/c1-7-8-9-11-25(2,3)18-10-12-27-19(16-26-22(27)15-18)17-13-20(29-4)23(24(28)31-6)21(14-17)30-5/h10,12-16H,7-8H2,1-6H3. The van der Waals surface area contributed by atoms with Gasteiger partial charge in [-0.2, -0.15) is 0 Å². The average Bonchev–Trinajstić information content (AvgIpc) is 3.21. The number of pyridine rings is 1. The minimum absolute atomic E-state index is 0.250. The fourth-order valence-electron chi connectivity index (χ4n) is 3.43. The van der Waals surface area contributed by atoms with Crippen LogP contribution in [-0.2, 0) is 10.2 Å². The van der Waals surface area contributed by atoms with Crippen molar-refractivity contribution in [2.75, 3.05) is 21.3 Å². The Balaban J connectivity index is 2.09. The molecule has 6 nitrogen and oxygen atoms in total. The number of methoxy groups -OCH3 is 3. The third kappa shape index (κ3) is 4.36. The molecule has 3 aromatic rings. The normalized spacial score (nSPS) is 11.0. The second-order valence-corrected chi connectivity index (χ2v) is 7.71. The Hall–Kier alpha value is -3.46. The van der Waals surface area contributed by atoms with Gasteiger partial charge in [0.15, 0.2) is 0 Å². The second kappa shape index (κ2) is 9.13. The quantitative estimate of drug-likeness (QED) is 0.420. The maximum Gasteiger partial charge on any atom is 0.345 e. The molecular formula is C25H28N2O4. The minimum Gasteiger partial charge on any atom is -0.496 e. The lowest BCUT2D eigenvalue weighted by Crippen LogP contribution is -2.14. The number of hydrogen-bond acceptors (Lipinski definition) is 5. The summed E-state index contributed by atoms with van der Waals surface area (Å²) in [6.45, 7) is 6.36. The van der Waals surface area contributed by atoms with E-state index in [9.17, 15) is 4.79 Å². The Morgan fingerprint density at radius 2 is 1.81 bits per heavy atom. The molecule has 0 aliphatic carbocycles. The van der Waals surface area contributed by atoms with Crippen LogP contribution in [-0.4, -0.2) is 36.7 Å². The number of esters is 1. The van der Waals surface area contributed by atoms with Crippen molar-refractivity contribution in [1.82, 2.24) is 9.38 Å². The molecule has 0 bridgehead atoms. The zero-order valence-corrected chi connectivity index (χ0v) is 18.9. The number of hydrogen-bond donors (Lipinski definition) is 0. The van der Waals surface area contributed by atoms with Crippen molar-refractivity contribution in [3.05, 3.63) is 47.8 Å². The van der Waals surface area contributed by atoms with E-state index in [0.29, 0.717) is 11.5 Å². The van der Waals surface area contributed by atoms with Crippen molar-refractivity contribution in [1.29, 1.82) is 0 Å². The summed E-state index contributed by atoms with van der Waals surface area (Å²) < 4.78 is 17.8. The van der Waals surface area contributed by atoms with Gasteiger partial charge in [0.25, 0.3) is 0 Å². The zero-order chi connectivity index (χ0) is 22.6. The molecule has 0 fully saturated rings. The Morgan fingerprint density at radius 3 is 2.39 bits per heavy atom. The molecule has 0 radical (unpaired) electrons. The largest absolute Gasteiger partial charge is 0.496 e. The first-order valence-electron chi connectivity index (χ1n) is 10.2. The summed E-state index contributed by atoms with van der Waals surface area (Å²) in [5, 5.41) is 0. The number of unbranched alkanes of at least 4 members (excludes halogenated alkanes) is 1. The lowest BCUT2D eigenvalue weighted by Gasteiger charge is -2.18. The summed E-state index contributed by atoms with van der Waals surface area (Å²) in [4.78, 5) is 16.8. The topological polar surface area (TPSA) is 62.1 Å². The summed E-state index contributed by atoms with van der Waals surface area (Å²) >= 11 is 0. The Kier molecular flexibility index (Phi) is 6.55. The number of rotatable bonds is 6. The van der Waals surface area contributed by atoms with Crippen molar-refractivity contribution < 1.29 is 19.0 Å². The van der Waals surface area contributed by atoms with Gasteiger partial charge in [-0.1, -0.05) is 12.8 Å². The van der Waals surface area contributed by atoms with Gasteiger partial charge in [0.1, 0.15) is 22.7 Å². The highest BCUT2D eigenvalue weighted by Crippen LogP contribution is 2.36. The van der Waals surface area contributed by atoms with Crippen LogP contribution in [0.4, 0.5) is 0 Å². The molecule has 0 aliphatic heterocycles. The lowest BCUT2D eigenvalue weighted by molar-refractivity contribution is 0.0593. The minimum atomic E-state index is -0.519. The smallest absolute Gasteiger partial charge is 0.345 e. The van der Waals surface area contributed by atoms with Crippen LogP contribution < -0.4 is 9.47 Å². The third-order valence-electron chi connectivity index (χ3n) is 5.20. The highest BCUT2D eigenvalue weighted by Gasteiger charge is 2.23. The molecule has 0 spiro atoms. The number of imidazole rings is 1. The number of fused-ring (bicyclic) bond motifs is 1. The Bertz CT molecular complexity index is 1140. The first kappa shape index (κ1) is 22.2. The first-order valence-corrected chi connectivity index (χ1v) is 10.2. The number of nitrogens with zero attached hydrogens (tertiary/aromatic N) is 2. The number of benzene rings is 1. The van der Waals surface area contributed by atoms with Crippen LogP contribution in [0, 0.1) is 11.8 Å². The van der Waals surface area contributed by atoms with Crippen LogP contribution in [0.3, 0.4) is 0 Å². The van der Waals surface area contributed by atoms with Gasteiger partial charge in [-0.3, -0.25) is 4.40 Å². The molecule has 0 saturated heterocycles. The number of carbonyl (C=O) groups is 1. The zero-order valence-electron chi connectivity index (χ0n) is 18.9. The monoisotopic (exact) mass is 420 g/mol. The van der Waals surface area contributed by atoms with Gasteiger partial charge in [0, 0.05) is 18.2 Å². The van der Waals surface area contributed by atoms with Crippen LogP contribution in [0.2, 0.25) is 0 Å². The van der Waals surface area contributed by atoms with E-state index in [4.69, 9.17) is 14.2 Å². The van der Waals surface area contributed by atoms with E-state index >= 15 is 0 Å². The summed E-state index contributed by atoms with van der Waals surface area (Å²) in [7, 11) is 4.34. The van der Waals surface area contributed by atoms with Crippen LogP contribution >= 0.6 is 0 Å². The Labute approximate surface area is 183 Å². The molecule has 6 heteroatoms. The molecule has 0 N–H and O–H groups in total. The van der Waals surface area contributed by atoms with Gasteiger partial charge in [0.2, 0.25) is 0 Å². The third-order valence-corrected chi connectivity index (χ3v) is 5.20. The molecule has 0 unspecified atom stereocenters. The predicted octanol–water partition coefficient (Wildman–Crippen LogP) is 4.89. The lowest BCUT2D eigenvalue weighted by atomic mass is 9.86. The molecule has 3 rings (SSSR count). The Morgan fingerprint density at radius 1 is 1.13 bits per heavy atom. The van der Waals surface area contributed by atoms with Crippen molar-refractivity contribution in [2.24, 2.45) is 0 Å². The maximum atomic E-state index is 12.2. The molecule has 0 aliphatic rings. The number of ether oxygens (including phenoxy) is 3. The summed E-state index contributed by atoms with van der Waals surface area (Å²) in [5.74, 6) is 6.85. The fourth-order valence-corrected chi connectivity index (χ4v) is 3.43. The molecular weight excluding hydrogens is 392 g/mol. The highest BCUT2D eigenvalue weighted by atomic mass is 16.5. The van der Waals surface area contributed by atoms with E-state index < -0.39 is 5.97 Å². The highest BCUT2D eigenvalue weighted by molar-refractivity contribution is 5.96. The molecule has 31 heavy (non-hydrogen) atoms. The predicted molar refractivity (Wildman–Crippen MR) is 121 cm³/mol. The van der Waals surface area contributed by atoms with E-state index in [1.807, 2.05) is 10.6 Å². The van der Waals surface area contributed by atoms with Crippen LogP contribution in [0.15, 0.2) is 36.7 Å². The van der Waals surface area contributed by atoms with E-state index in [2.05, 4.69) is 49.7 Å². The van der Waals surface area contributed by atoms with Crippen molar-refractivity contribution in [3.8, 4) is 34.6 Å². The molecule has 1 aromatic carbocycles. The van der Waals surface area contributed by atoms with E-state index in [0.717, 1.165) is 35.3 Å². The van der Waals surface area contributed by atoms with E-state index in [1.54, 1.807) is 18.3 Å². The van der Waals surface area contributed by atoms with Crippen molar-refractivity contribution in [3.63, 3.8) is 0 Å². The molecule has 0 amide bonds. The van der Waals surface area contributed by atoms with Gasteiger partial charge < -0.3 is 14.2 Å². The molecule has 162 valence electrons. The second-order valence-electron chi connectivity index (χ2n) is 7.71. The molecule has 0 atom stereocenters. The van der Waals surface area contributed by atoms with E-state index in [-0.39, 0.29) is 11.0 Å². The summed E-state index contributed by atoms with van der Waals surface area (Å²) in [6.07, 6.45) is 5.72. The maximum absolute atomic E-state index is 12.2. The number of carbonyl (C=O) groups excluding carboxylic acids is 1. The summed E-state index contributed by atoms with van der Waals surface area (Å²) in [5.41, 5.74) is 3.56. The van der Waals surface area contributed by atoms with Gasteiger partial charge in [0.05, 0.1) is 38.6 Å². The van der Waals surface area contributed by atoms with Crippen molar-refractivity contribution >= 4 is 11.6 Å². The SMILES string of the molecule is CCCC#CC(C)(C)c1ccn2c(-c3cc(OC)c(C(=O)OC)c(OC)c3)cnc2c1. The molecule has 2 aromatic heterocycles. The van der Waals surface area contributed by atoms with Gasteiger partial charge in [-0.15, -0.1) is 5.92 Å². The van der Waals surface area contributed by atoms with Gasteiger partial charge in [-0.25, -0.2) is 9.78 Å². The molecule has 2 heterocycles. The average molecular weight is 421 g/mol. The fraction of sp³-hybridized carbons (Fsp3) is 0.360. The number of aromatic nitrogens is 2. The van der Waals surface area contributed by atoms with E-state index in [1.165, 1.54) is 21.3 Å².